The predicted octanol–water partition coefficient (Wildman–Crippen LogP) is 4.50. The molecule has 3 amide bonds. The van der Waals surface area contributed by atoms with E-state index in [2.05, 4.69) is 23.3 Å². The van der Waals surface area contributed by atoms with Crippen LogP contribution in [0.4, 0.5) is 4.79 Å². The molecule has 0 saturated heterocycles. The number of phenolic OH excluding ortho intramolecular Hbond substituents is 1. The van der Waals surface area contributed by atoms with Gasteiger partial charge in [0.1, 0.15) is 23.4 Å². The van der Waals surface area contributed by atoms with Crippen molar-refractivity contribution in [3.05, 3.63) is 29.3 Å². The molecule has 3 N–H and O–H groups in total. The molecule has 0 radical (unpaired) electrons. The summed E-state index contributed by atoms with van der Waals surface area (Å²) in [5.74, 6) is -0.647. The monoisotopic (exact) mass is 509 g/mol. The van der Waals surface area contributed by atoms with E-state index in [1.165, 1.54) is 11.0 Å². The molecule has 0 aliphatic carbocycles. The number of hydrogen-bond acceptors (Lipinski definition) is 6. The van der Waals surface area contributed by atoms with Crippen LogP contribution in [-0.4, -0.2) is 57.4 Å². The fourth-order valence-corrected chi connectivity index (χ4v) is 3.75. The maximum Gasteiger partial charge on any atom is 0.408 e. The fraction of sp³-hybridized carbons (Fsp3) is 0.654. The Morgan fingerprint density at radius 2 is 1.77 bits per heavy atom. The fourth-order valence-electron chi connectivity index (χ4n) is 3.50. The third kappa shape index (κ3) is 8.94. The first-order valence-corrected chi connectivity index (χ1v) is 12.8. The minimum Gasteiger partial charge on any atom is -0.508 e. The van der Waals surface area contributed by atoms with Crippen LogP contribution in [0.15, 0.2) is 18.2 Å². The first-order chi connectivity index (χ1) is 16.2. The van der Waals surface area contributed by atoms with Crippen molar-refractivity contribution >= 4 is 30.5 Å². The number of thiol groups is 1. The van der Waals surface area contributed by atoms with Crippen molar-refractivity contribution in [3.63, 3.8) is 0 Å². The maximum absolute atomic E-state index is 14.0. The number of hydrogen-bond donors (Lipinski definition) is 4. The van der Waals surface area contributed by atoms with Gasteiger partial charge in [0, 0.05) is 17.8 Å². The summed E-state index contributed by atoms with van der Waals surface area (Å²) in [5.41, 5.74) is -0.318. The predicted molar refractivity (Wildman–Crippen MR) is 142 cm³/mol. The number of rotatable bonds is 11. The van der Waals surface area contributed by atoms with E-state index in [-0.39, 0.29) is 17.4 Å². The van der Waals surface area contributed by atoms with Crippen molar-refractivity contribution in [2.24, 2.45) is 0 Å². The van der Waals surface area contributed by atoms with Crippen LogP contribution in [-0.2, 0) is 14.3 Å². The molecule has 2 atom stereocenters. The highest BCUT2D eigenvalue weighted by molar-refractivity contribution is 7.80. The minimum absolute atomic E-state index is 0.0210. The number of ether oxygens (including phenoxy) is 1. The van der Waals surface area contributed by atoms with Gasteiger partial charge in [-0.25, -0.2) is 4.79 Å². The van der Waals surface area contributed by atoms with Crippen molar-refractivity contribution in [2.75, 3.05) is 12.3 Å². The van der Waals surface area contributed by atoms with Gasteiger partial charge in [0.15, 0.2) is 0 Å². The standard InChI is InChI=1S/C26H43N3O5S/c1-9-11-14-27-22(31)21(18-12-13-20(30)17(3)15-18)29(26(7,8)10-2)23(32)19(16-35)28-24(33)34-25(4,5)6/h12-13,15,19,21,30,35H,9-11,14,16H2,1-8H3,(H,27,31)(H,28,33). The van der Waals surface area contributed by atoms with Crippen molar-refractivity contribution < 1.29 is 24.2 Å². The highest BCUT2D eigenvalue weighted by Gasteiger charge is 2.42. The van der Waals surface area contributed by atoms with Gasteiger partial charge in [-0.2, -0.15) is 12.6 Å². The molecule has 0 aromatic heterocycles. The molecule has 1 aromatic carbocycles. The molecule has 198 valence electrons. The quantitative estimate of drug-likeness (QED) is 0.260. The Morgan fingerprint density at radius 1 is 1.14 bits per heavy atom. The van der Waals surface area contributed by atoms with Gasteiger partial charge in [-0.1, -0.05) is 26.3 Å². The number of amides is 3. The largest absolute Gasteiger partial charge is 0.508 e. The first kappa shape index (κ1) is 30.6. The molecule has 0 aliphatic heterocycles. The number of unbranched alkanes of at least 4 members (excludes halogenated alkanes) is 1. The lowest BCUT2D eigenvalue weighted by molar-refractivity contribution is -0.148. The Hall–Kier alpha value is -2.42. The number of alkyl carbamates (subject to hydrolysis) is 1. The van der Waals surface area contributed by atoms with Crippen molar-refractivity contribution in [2.45, 2.75) is 97.9 Å². The number of nitrogens with zero attached hydrogens (tertiary/aromatic N) is 1. The number of aryl methyl sites for hydroxylation is 1. The molecule has 0 heterocycles. The normalized spacial score (nSPS) is 13.5. The zero-order valence-corrected chi connectivity index (χ0v) is 23.3. The average Bonchev–Trinajstić information content (AvgIpc) is 2.76. The summed E-state index contributed by atoms with van der Waals surface area (Å²) in [6, 6.07) is 2.89. The highest BCUT2D eigenvalue weighted by atomic mass is 32.1. The summed E-state index contributed by atoms with van der Waals surface area (Å²) in [6.07, 6.45) is 1.54. The van der Waals surface area contributed by atoms with E-state index in [0.717, 1.165) is 12.8 Å². The number of nitrogens with one attached hydrogen (secondary N) is 2. The van der Waals surface area contributed by atoms with E-state index in [0.29, 0.717) is 24.1 Å². The topological polar surface area (TPSA) is 108 Å². The van der Waals surface area contributed by atoms with E-state index in [4.69, 9.17) is 4.74 Å². The number of benzene rings is 1. The molecule has 0 spiro atoms. The van der Waals surface area contributed by atoms with Crippen molar-refractivity contribution in [1.29, 1.82) is 0 Å². The van der Waals surface area contributed by atoms with Gasteiger partial charge in [0.05, 0.1) is 0 Å². The molecule has 1 aromatic rings. The molecule has 8 nitrogen and oxygen atoms in total. The second kappa shape index (κ2) is 13.0. The van der Waals surface area contributed by atoms with E-state index in [9.17, 15) is 19.5 Å². The average molecular weight is 510 g/mol. The maximum atomic E-state index is 14.0. The lowest BCUT2D eigenvalue weighted by Crippen LogP contribution is -2.60. The van der Waals surface area contributed by atoms with Crippen LogP contribution >= 0.6 is 12.6 Å². The number of aromatic hydroxyl groups is 1. The van der Waals surface area contributed by atoms with E-state index < -0.39 is 35.2 Å². The van der Waals surface area contributed by atoms with Crippen LogP contribution in [0.25, 0.3) is 0 Å². The molecule has 0 fully saturated rings. The molecule has 0 saturated carbocycles. The summed E-state index contributed by atoms with van der Waals surface area (Å²) < 4.78 is 5.34. The Labute approximate surface area is 215 Å². The second-order valence-corrected chi connectivity index (χ2v) is 10.7. The smallest absolute Gasteiger partial charge is 0.408 e. The third-order valence-electron chi connectivity index (χ3n) is 5.80. The van der Waals surface area contributed by atoms with Crippen LogP contribution in [0.1, 0.15) is 84.9 Å². The van der Waals surface area contributed by atoms with Gasteiger partial charge in [-0.15, -0.1) is 0 Å². The van der Waals surface area contributed by atoms with Crippen molar-refractivity contribution in [3.8, 4) is 5.75 Å². The SMILES string of the molecule is CCCCNC(=O)C(c1ccc(O)c(C)c1)N(C(=O)C(CS)NC(=O)OC(C)(C)C)C(C)(C)CC. The summed E-state index contributed by atoms with van der Waals surface area (Å²) in [7, 11) is 0. The molecule has 0 aliphatic rings. The van der Waals surface area contributed by atoms with Gasteiger partial charge in [0.25, 0.3) is 0 Å². The van der Waals surface area contributed by atoms with Gasteiger partial charge in [0.2, 0.25) is 11.8 Å². The highest BCUT2D eigenvalue weighted by Crippen LogP contribution is 2.34. The Morgan fingerprint density at radius 3 is 2.26 bits per heavy atom. The third-order valence-corrected chi connectivity index (χ3v) is 6.16. The molecular formula is C26H43N3O5S. The van der Waals surface area contributed by atoms with Crippen molar-refractivity contribution in [1.82, 2.24) is 15.5 Å². The Kier molecular flexibility index (Phi) is 11.4. The van der Waals surface area contributed by atoms with Gasteiger partial charge in [-0.05, 0) is 77.6 Å². The minimum atomic E-state index is -1.01. The van der Waals surface area contributed by atoms with E-state index in [1.807, 2.05) is 27.7 Å². The van der Waals surface area contributed by atoms with E-state index >= 15 is 0 Å². The second-order valence-electron chi connectivity index (χ2n) is 10.3. The number of carbonyl (C=O) groups excluding carboxylic acids is 3. The lowest BCUT2D eigenvalue weighted by atomic mass is 9.91. The number of carbonyl (C=O) groups is 3. The summed E-state index contributed by atoms with van der Waals surface area (Å²) in [6.45, 7) is 15.2. The molecule has 35 heavy (non-hydrogen) atoms. The van der Waals surface area contributed by atoms with Crippen LogP contribution in [0.5, 0.6) is 5.75 Å². The van der Waals surface area contributed by atoms with Crippen LogP contribution < -0.4 is 10.6 Å². The van der Waals surface area contributed by atoms with Gasteiger partial charge in [-0.3, -0.25) is 9.59 Å². The summed E-state index contributed by atoms with van der Waals surface area (Å²) in [4.78, 5) is 41.5. The first-order valence-electron chi connectivity index (χ1n) is 12.2. The van der Waals surface area contributed by atoms with Crippen LogP contribution in [0, 0.1) is 6.92 Å². The Bertz CT molecular complexity index is 882. The van der Waals surface area contributed by atoms with E-state index in [1.54, 1.807) is 39.8 Å². The van der Waals surface area contributed by atoms with Crippen LogP contribution in [0.2, 0.25) is 0 Å². The summed E-state index contributed by atoms with van der Waals surface area (Å²) in [5, 5.41) is 15.6. The summed E-state index contributed by atoms with van der Waals surface area (Å²) >= 11 is 4.32. The molecule has 1 rings (SSSR count). The van der Waals surface area contributed by atoms with Gasteiger partial charge < -0.3 is 25.4 Å². The molecular weight excluding hydrogens is 466 g/mol. The van der Waals surface area contributed by atoms with Crippen LogP contribution in [0.3, 0.4) is 0 Å². The van der Waals surface area contributed by atoms with Gasteiger partial charge >= 0.3 is 6.09 Å². The molecule has 2 unspecified atom stereocenters. The molecule has 0 bridgehead atoms. The molecule has 9 heteroatoms. The lowest BCUT2D eigenvalue weighted by Gasteiger charge is -2.44. The number of phenols is 1. The Balaban J connectivity index is 3.54. The zero-order chi connectivity index (χ0) is 27.0. The zero-order valence-electron chi connectivity index (χ0n) is 22.4.